The van der Waals surface area contributed by atoms with Crippen molar-refractivity contribution in [1.82, 2.24) is 10.2 Å². The molecule has 0 aliphatic heterocycles. The van der Waals surface area contributed by atoms with Gasteiger partial charge in [-0.25, -0.2) is 0 Å². The van der Waals surface area contributed by atoms with Crippen LogP contribution < -0.4 is 11.1 Å². The fourth-order valence-electron chi connectivity index (χ4n) is 2.51. The van der Waals surface area contributed by atoms with Crippen molar-refractivity contribution in [3.63, 3.8) is 0 Å². The molecule has 1 aliphatic rings. The molecule has 0 heterocycles. The van der Waals surface area contributed by atoms with E-state index in [1.807, 2.05) is 32.0 Å². The van der Waals surface area contributed by atoms with Gasteiger partial charge in [-0.2, -0.15) is 0 Å². The summed E-state index contributed by atoms with van der Waals surface area (Å²) in [5, 5.41) is 3.08. The lowest BCUT2D eigenvalue weighted by Crippen LogP contribution is -2.48. The van der Waals surface area contributed by atoms with Gasteiger partial charge in [-0.1, -0.05) is 19.1 Å². The van der Waals surface area contributed by atoms with E-state index >= 15 is 0 Å². The average molecular weight is 289 g/mol. The van der Waals surface area contributed by atoms with Crippen LogP contribution in [-0.4, -0.2) is 28.9 Å². The first kappa shape index (κ1) is 15.8. The maximum Gasteiger partial charge on any atom is 0.237 e. The van der Waals surface area contributed by atoms with Crippen LogP contribution in [0.4, 0.5) is 5.69 Å². The van der Waals surface area contributed by atoms with E-state index in [9.17, 15) is 4.79 Å². The van der Waals surface area contributed by atoms with Crippen molar-refractivity contribution in [2.24, 2.45) is 0 Å². The molecule has 21 heavy (non-hydrogen) atoms. The second-order valence-corrected chi connectivity index (χ2v) is 6.14. The van der Waals surface area contributed by atoms with Gasteiger partial charge >= 0.3 is 0 Å². The Bertz CT molecular complexity index is 485. The van der Waals surface area contributed by atoms with E-state index in [1.54, 1.807) is 0 Å². The number of nitrogens with one attached hydrogen (secondary N) is 1. The first-order chi connectivity index (χ1) is 10.0. The largest absolute Gasteiger partial charge is 0.399 e. The Balaban J connectivity index is 2.03. The van der Waals surface area contributed by atoms with Gasteiger partial charge in [-0.3, -0.25) is 9.69 Å². The van der Waals surface area contributed by atoms with Crippen LogP contribution >= 0.6 is 0 Å². The zero-order chi connectivity index (χ0) is 15.4. The van der Waals surface area contributed by atoms with Crippen LogP contribution in [-0.2, 0) is 11.3 Å². The summed E-state index contributed by atoms with van der Waals surface area (Å²) in [5.74, 6) is 0.125. The molecule has 1 aromatic rings. The lowest BCUT2D eigenvalue weighted by atomic mass is 10.1. The molecule has 4 heteroatoms. The number of benzene rings is 1. The molecular weight excluding hydrogens is 262 g/mol. The first-order valence-electron chi connectivity index (χ1n) is 7.91. The quantitative estimate of drug-likeness (QED) is 0.758. The maximum atomic E-state index is 12.4. The molecule has 1 aliphatic carbocycles. The minimum atomic E-state index is -0.104. The van der Waals surface area contributed by atoms with Crippen LogP contribution in [0, 0.1) is 0 Å². The Hall–Kier alpha value is -1.55. The van der Waals surface area contributed by atoms with Crippen molar-refractivity contribution in [2.45, 2.75) is 64.7 Å². The number of nitrogens with zero attached hydrogens (tertiary/aromatic N) is 1. The van der Waals surface area contributed by atoms with Crippen LogP contribution in [0.15, 0.2) is 24.3 Å². The second-order valence-electron chi connectivity index (χ2n) is 6.14. The van der Waals surface area contributed by atoms with Crippen molar-refractivity contribution in [3.8, 4) is 0 Å². The molecule has 0 spiro atoms. The number of carbonyl (C=O) groups excluding carboxylic acids is 1. The summed E-state index contributed by atoms with van der Waals surface area (Å²) in [6.45, 7) is 6.91. The number of carbonyl (C=O) groups is 1. The zero-order valence-corrected chi connectivity index (χ0v) is 13.3. The van der Waals surface area contributed by atoms with Crippen LogP contribution in [0.2, 0.25) is 0 Å². The van der Waals surface area contributed by atoms with Gasteiger partial charge in [0, 0.05) is 24.3 Å². The number of anilines is 1. The highest BCUT2D eigenvalue weighted by atomic mass is 16.2. The molecule has 0 bridgehead atoms. The number of rotatable bonds is 7. The van der Waals surface area contributed by atoms with Gasteiger partial charge in [0.15, 0.2) is 0 Å². The van der Waals surface area contributed by atoms with E-state index < -0.39 is 0 Å². The normalized spacial score (nSPS) is 17.5. The molecule has 2 rings (SSSR count). The number of nitrogens with two attached hydrogens (primary N) is 1. The number of hydrogen-bond acceptors (Lipinski definition) is 3. The summed E-state index contributed by atoms with van der Waals surface area (Å²) in [5.41, 5.74) is 7.80. The van der Waals surface area contributed by atoms with Crippen molar-refractivity contribution >= 4 is 11.6 Å². The third-order valence-electron chi connectivity index (χ3n) is 4.21. The lowest BCUT2D eigenvalue weighted by Gasteiger charge is -2.29. The van der Waals surface area contributed by atoms with Gasteiger partial charge in [0.05, 0.1) is 6.04 Å². The molecule has 0 aromatic heterocycles. The fraction of sp³-hybridized carbons (Fsp3) is 0.588. The monoisotopic (exact) mass is 289 g/mol. The summed E-state index contributed by atoms with van der Waals surface area (Å²) >= 11 is 0. The van der Waals surface area contributed by atoms with Gasteiger partial charge in [-0.05, 0) is 50.8 Å². The molecule has 0 radical (unpaired) electrons. The molecule has 2 atom stereocenters. The molecule has 0 saturated heterocycles. The molecule has 1 saturated carbocycles. The van der Waals surface area contributed by atoms with Gasteiger partial charge in [0.2, 0.25) is 5.91 Å². The van der Waals surface area contributed by atoms with Crippen molar-refractivity contribution in [1.29, 1.82) is 0 Å². The van der Waals surface area contributed by atoms with Gasteiger partial charge in [0.1, 0.15) is 0 Å². The molecular formula is C17H27N3O. The maximum absolute atomic E-state index is 12.4. The topological polar surface area (TPSA) is 58.4 Å². The Kier molecular flexibility index (Phi) is 5.23. The van der Waals surface area contributed by atoms with Gasteiger partial charge in [0.25, 0.3) is 0 Å². The molecule has 116 valence electrons. The Morgan fingerprint density at radius 2 is 2.14 bits per heavy atom. The zero-order valence-electron chi connectivity index (χ0n) is 13.3. The van der Waals surface area contributed by atoms with E-state index in [4.69, 9.17) is 5.73 Å². The van der Waals surface area contributed by atoms with E-state index in [-0.39, 0.29) is 18.0 Å². The Morgan fingerprint density at radius 1 is 1.43 bits per heavy atom. The minimum Gasteiger partial charge on any atom is -0.399 e. The van der Waals surface area contributed by atoms with Crippen molar-refractivity contribution in [3.05, 3.63) is 29.8 Å². The highest BCUT2D eigenvalue weighted by molar-refractivity contribution is 5.81. The predicted molar refractivity (Wildman–Crippen MR) is 86.8 cm³/mol. The highest BCUT2D eigenvalue weighted by Crippen LogP contribution is 2.30. The predicted octanol–water partition coefficient (Wildman–Crippen LogP) is 2.54. The van der Waals surface area contributed by atoms with Crippen LogP contribution in [0.25, 0.3) is 0 Å². The van der Waals surface area contributed by atoms with E-state index in [0.717, 1.165) is 18.7 Å². The van der Waals surface area contributed by atoms with Crippen LogP contribution in [0.5, 0.6) is 0 Å². The van der Waals surface area contributed by atoms with E-state index in [1.165, 1.54) is 18.4 Å². The van der Waals surface area contributed by atoms with Crippen LogP contribution in [0.1, 0.15) is 45.6 Å². The van der Waals surface area contributed by atoms with E-state index in [2.05, 4.69) is 23.2 Å². The van der Waals surface area contributed by atoms with Crippen molar-refractivity contribution < 1.29 is 4.79 Å². The third kappa shape index (κ3) is 4.46. The lowest BCUT2D eigenvalue weighted by molar-refractivity contribution is -0.127. The molecule has 2 unspecified atom stereocenters. The minimum absolute atomic E-state index is 0.104. The first-order valence-corrected chi connectivity index (χ1v) is 7.91. The third-order valence-corrected chi connectivity index (χ3v) is 4.21. The summed E-state index contributed by atoms with van der Waals surface area (Å²) < 4.78 is 0. The Labute approximate surface area is 127 Å². The summed E-state index contributed by atoms with van der Waals surface area (Å²) in [7, 11) is 0. The van der Waals surface area contributed by atoms with Crippen LogP contribution in [0.3, 0.4) is 0 Å². The molecule has 3 N–H and O–H groups in total. The second kappa shape index (κ2) is 6.94. The number of hydrogen-bond donors (Lipinski definition) is 2. The van der Waals surface area contributed by atoms with E-state index in [0.29, 0.717) is 6.04 Å². The molecule has 1 fully saturated rings. The fourth-order valence-corrected chi connectivity index (χ4v) is 2.51. The SMILES string of the molecule is CCC(C)NC(=O)C(C)N(Cc1cccc(N)c1)C1CC1. The number of nitrogen functional groups attached to an aromatic ring is 1. The van der Waals surface area contributed by atoms with Gasteiger partial charge in [-0.15, -0.1) is 0 Å². The molecule has 4 nitrogen and oxygen atoms in total. The molecule has 1 aromatic carbocycles. The molecule has 1 amide bonds. The standard InChI is InChI=1S/C17H27N3O/c1-4-12(2)19-17(21)13(3)20(16-8-9-16)11-14-6-5-7-15(18)10-14/h5-7,10,12-13,16H,4,8-9,11,18H2,1-3H3,(H,19,21). The number of amides is 1. The Morgan fingerprint density at radius 3 is 2.71 bits per heavy atom. The summed E-state index contributed by atoms with van der Waals surface area (Å²) in [4.78, 5) is 14.7. The highest BCUT2D eigenvalue weighted by Gasteiger charge is 2.35. The smallest absolute Gasteiger partial charge is 0.237 e. The van der Waals surface area contributed by atoms with Crippen molar-refractivity contribution in [2.75, 3.05) is 5.73 Å². The van der Waals surface area contributed by atoms with Gasteiger partial charge < -0.3 is 11.1 Å². The summed E-state index contributed by atoms with van der Waals surface area (Å²) in [6, 6.07) is 8.59. The average Bonchev–Trinajstić information content (AvgIpc) is 3.28. The summed E-state index contributed by atoms with van der Waals surface area (Å²) in [6.07, 6.45) is 3.32.